The summed E-state index contributed by atoms with van der Waals surface area (Å²) in [7, 11) is 0. The zero-order valence-electron chi connectivity index (χ0n) is 23.5. The van der Waals surface area contributed by atoms with Gasteiger partial charge in [-0.2, -0.15) is 31.3 Å². The van der Waals surface area contributed by atoms with Crippen molar-refractivity contribution in [2.75, 3.05) is 22.6 Å². The number of halogens is 7. The lowest BCUT2D eigenvalue weighted by molar-refractivity contribution is -0.176. The van der Waals surface area contributed by atoms with Gasteiger partial charge in [0.2, 0.25) is 5.91 Å². The lowest BCUT2D eigenvalue weighted by Gasteiger charge is -2.21. The first kappa shape index (κ1) is 33.0. The summed E-state index contributed by atoms with van der Waals surface area (Å²) in [4.78, 5) is 35.0. The van der Waals surface area contributed by atoms with Gasteiger partial charge in [-0.3, -0.25) is 9.69 Å². The van der Waals surface area contributed by atoms with Crippen molar-refractivity contribution in [3.63, 3.8) is 0 Å². The number of aliphatic imine (C=N–C) groups is 1. The molecule has 1 aromatic heterocycles. The number of carbonyl (C=O) groups is 2. The monoisotopic (exact) mass is 682 g/mol. The third-order valence-corrected chi connectivity index (χ3v) is 7.62. The number of nitrogens with one attached hydrogen (secondary N) is 1. The van der Waals surface area contributed by atoms with Crippen LogP contribution in [0.3, 0.4) is 0 Å². The van der Waals surface area contributed by atoms with Gasteiger partial charge in [-0.1, -0.05) is 35.5 Å². The van der Waals surface area contributed by atoms with Crippen molar-refractivity contribution in [2.45, 2.75) is 25.9 Å². The average Bonchev–Trinajstić information content (AvgIpc) is 3.61. The molecule has 0 unspecified atom stereocenters. The van der Waals surface area contributed by atoms with E-state index in [1.165, 1.54) is 41.3 Å². The third kappa shape index (κ3) is 7.86. The lowest BCUT2D eigenvalue weighted by atomic mass is 10.1. The number of anilines is 2. The van der Waals surface area contributed by atoms with E-state index in [2.05, 4.69) is 20.4 Å². The molecule has 2 heterocycles. The molecule has 240 valence electrons. The third-order valence-electron chi connectivity index (χ3n) is 6.39. The molecule has 0 spiro atoms. The second-order valence-electron chi connectivity index (χ2n) is 9.83. The summed E-state index contributed by atoms with van der Waals surface area (Å²) in [5.41, 5.74) is 1.42. The number of amides is 3. The predicted octanol–water partition coefficient (Wildman–Crippen LogP) is 7.66. The Morgan fingerprint density at radius 2 is 1.80 bits per heavy atom. The van der Waals surface area contributed by atoms with Crippen LogP contribution in [0, 0.1) is 6.92 Å². The first-order valence-electron chi connectivity index (χ1n) is 13.2. The van der Waals surface area contributed by atoms with E-state index in [1.54, 1.807) is 25.1 Å². The number of benzene rings is 3. The van der Waals surface area contributed by atoms with Gasteiger partial charge in [0, 0.05) is 11.1 Å². The number of hydrogen-bond donors (Lipinski definition) is 1. The number of urea groups is 1. The van der Waals surface area contributed by atoms with Crippen molar-refractivity contribution in [3.05, 3.63) is 88.7 Å². The fourth-order valence-corrected chi connectivity index (χ4v) is 5.36. The number of nitrogens with zero attached hydrogens (tertiary/aromatic N) is 5. The van der Waals surface area contributed by atoms with Gasteiger partial charge in [0.25, 0.3) is 0 Å². The van der Waals surface area contributed by atoms with Gasteiger partial charge in [-0.15, -0.1) is 5.10 Å². The van der Waals surface area contributed by atoms with Gasteiger partial charge >= 0.3 is 18.4 Å². The molecule has 1 N–H and O–H groups in total. The highest BCUT2D eigenvalue weighted by Crippen LogP contribution is 2.33. The molecular weight excluding hydrogens is 662 g/mol. The highest BCUT2D eigenvalue weighted by atomic mass is 35.5. The lowest BCUT2D eigenvalue weighted by Crippen LogP contribution is -2.31. The van der Waals surface area contributed by atoms with Crippen LogP contribution in [0.4, 0.5) is 42.5 Å². The van der Waals surface area contributed by atoms with Gasteiger partial charge in [-0.25, -0.2) is 14.5 Å². The van der Waals surface area contributed by atoms with Gasteiger partial charge < -0.3 is 10.1 Å². The number of thioether (sulfide) groups is 1. The van der Waals surface area contributed by atoms with E-state index in [9.17, 15) is 35.9 Å². The summed E-state index contributed by atoms with van der Waals surface area (Å²) >= 11 is 7.37. The highest BCUT2D eigenvalue weighted by molar-refractivity contribution is 8.15. The number of alkyl halides is 6. The second kappa shape index (κ2) is 13.1. The normalized spacial score (nSPS) is 14.7. The van der Waals surface area contributed by atoms with Crippen LogP contribution < -0.4 is 10.2 Å². The van der Waals surface area contributed by atoms with E-state index in [0.29, 0.717) is 22.4 Å². The van der Waals surface area contributed by atoms with Crippen LogP contribution in [0.15, 0.2) is 72.0 Å². The first-order chi connectivity index (χ1) is 21.7. The Labute approximate surface area is 266 Å². The highest BCUT2D eigenvalue weighted by Gasteiger charge is 2.33. The zero-order chi connectivity index (χ0) is 33.2. The molecule has 1 aliphatic rings. The van der Waals surface area contributed by atoms with Crippen molar-refractivity contribution in [2.24, 2.45) is 4.99 Å². The van der Waals surface area contributed by atoms with Gasteiger partial charge in [0.15, 0.2) is 11.0 Å². The number of rotatable bonds is 7. The van der Waals surface area contributed by atoms with Crippen LogP contribution in [0.25, 0.3) is 17.1 Å². The van der Waals surface area contributed by atoms with Gasteiger partial charge in [-0.05, 0) is 61.0 Å². The van der Waals surface area contributed by atoms with Crippen LogP contribution in [0.5, 0.6) is 0 Å². The fourth-order valence-electron chi connectivity index (χ4n) is 4.27. The molecule has 1 aliphatic heterocycles. The average molecular weight is 683 g/mol. The van der Waals surface area contributed by atoms with E-state index in [1.807, 2.05) is 0 Å². The van der Waals surface area contributed by atoms with Crippen LogP contribution in [-0.2, 0) is 22.3 Å². The van der Waals surface area contributed by atoms with Crippen LogP contribution in [-0.4, -0.2) is 50.4 Å². The number of ether oxygens (including phenoxy) is 1. The maximum atomic E-state index is 12.9. The maximum absolute atomic E-state index is 12.9. The Bertz CT molecular complexity index is 1810. The molecule has 17 heteroatoms. The molecule has 0 aliphatic carbocycles. The molecule has 0 radical (unpaired) electrons. The maximum Gasteiger partial charge on any atom is 0.416 e. The van der Waals surface area contributed by atoms with Crippen molar-refractivity contribution in [3.8, 4) is 17.1 Å². The van der Waals surface area contributed by atoms with Crippen LogP contribution >= 0.6 is 23.4 Å². The number of carbonyl (C=O) groups excluding carboxylic acids is 2. The molecule has 9 nitrogen and oxygen atoms in total. The number of aromatic nitrogens is 3. The van der Waals surface area contributed by atoms with Crippen LogP contribution in [0.1, 0.15) is 16.7 Å². The molecule has 0 bridgehead atoms. The van der Waals surface area contributed by atoms with E-state index in [-0.39, 0.29) is 33.1 Å². The minimum atomic E-state index is -4.53. The van der Waals surface area contributed by atoms with Crippen molar-refractivity contribution in [1.82, 2.24) is 14.8 Å². The Morgan fingerprint density at radius 1 is 1.07 bits per heavy atom. The quantitative estimate of drug-likeness (QED) is 0.201. The van der Waals surface area contributed by atoms with E-state index in [4.69, 9.17) is 16.3 Å². The molecular formula is C29H21ClF6N6O3S. The molecule has 0 atom stereocenters. The fraction of sp³-hybridized carbons (Fsp3) is 0.207. The van der Waals surface area contributed by atoms with Crippen molar-refractivity contribution < 1.29 is 40.7 Å². The Morgan fingerprint density at radius 3 is 2.48 bits per heavy atom. The molecule has 1 fully saturated rings. The van der Waals surface area contributed by atoms with E-state index in [0.717, 1.165) is 28.8 Å². The van der Waals surface area contributed by atoms with Gasteiger partial charge in [0.05, 0.1) is 40.0 Å². The minimum Gasteiger partial charge on any atom is -0.367 e. The number of hydrogen-bond acceptors (Lipinski definition) is 6. The van der Waals surface area contributed by atoms with Crippen molar-refractivity contribution in [1.29, 1.82) is 0 Å². The standard InChI is InChI=1S/C29H21ClF6N6O3S/c1-16-2-3-18(12-45-14-28(31,32)33)23(10-16)42-24(43)13-46-27(42)39-26(44)38-22-9-4-17(11-21(22)30)25-37-15-41(40-25)20-7-5-19(6-8-20)29(34,35)36/h2-11,15H,12-14H2,1H3,(H,38,44)/b39-27-. The Kier molecular flexibility index (Phi) is 9.42. The molecule has 5 rings (SSSR count). The molecule has 3 aromatic carbocycles. The Balaban J connectivity index is 1.30. The first-order valence-corrected chi connectivity index (χ1v) is 14.5. The summed E-state index contributed by atoms with van der Waals surface area (Å²) in [5.74, 6) is -0.265. The zero-order valence-corrected chi connectivity index (χ0v) is 25.1. The summed E-state index contributed by atoms with van der Waals surface area (Å²) in [5, 5.41) is 6.91. The van der Waals surface area contributed by atoms with E-state index < -0.39 is 43.1 Å². The number of aryl methyl sites for hydroxylation is 1. The summed E-state index contributed by atoms with van der Waals surface area (Å²) in [6.45, 7) is -0.160. The van der Waals surface area contributed by atoms with Crippen molar-refractivity contribution >= 4 is 51.8 Å². The SMILES string of the molecule is Cc1ccc(COCC(F)(F)F)c(N2C(=O)CS/C2=N\C(=O)Nc2ccc(-c3ncn(-c4ccc(C(F)(F)F)cc4)n3)cc2Cl)c1. The smallest absolute Gasteiger partial charge is 0.367 e. The van der Waals surface area contributed by atoms with Gasteiger partial charge in [0.1, 0.15) is 12.9 Å². The molecule has 1 saturated heterocycles. The molecule has 0 saturated carbocycles. The largest absolute Gasteiger partial charge is 0.416 e. The summed E-state index contributed by atoms with van der Waals surface area (Å²) < 4.78 is 82.5. The topological polar surface area (TPSA) is 102 Å². The summed E-state index contributed by atoms with van der Waals surface area (Å²) in [6.07, 6.45) is -7.67. The molecule has 46 heavy (non-hydrogen) atoms. The summed E-state index contributed by atoms with van der Waals surface area (Å²) in [6, 6.07) is 12.8. The van der Waals surface area contributed by atoms with E-state index >= 15 is 0 Å². The second-order valence-corrected chi connectivity index (χ2v) is 11.2. The minimum absolute atomic E-state index is 0.0101. The van der Waals surface area contributed by atoms with Crippen LogP contribution in [0.2, 0.25) is 5.02 Å². The molecule has 4 aromatic rings. The Hall–Kier alpha value is -4.41. The number of amidine groups is 1. The molecule has 3 amide bonds. The predicted molar refractivity (Wildman–Crippen MR) is 160 cm³/mol.